The van der Waals surface area contributed by atoms with E-state index >= 15 is 0 Å². The van der Waals surface area contributed by atoms with E-state index in [2.05, 4.69) is 50.4 Å². The Bertz CT molecular complexity index is 345. The summed E-state index contributed by atoms with van der Waals surface area (Å²) in [6.45, 7) is 7.88. The lowest BCUT2D eigenvalue weighted by Gasteiger charge is -2.21. The summed E-state index contributed by atoms with van der Waals surface area (Å²) in [5.74, 6) is 0. The minimum absolute atomic E-state index is 0.544. The van der Waals surface area contributed by atoms with Crippen molar-refractivity contribution in [3.63, 3.8) is 0 Å². The van der Waals surface area contributed by atoms with Crippen LogP contribution in [0.1, 0.15) is 82.4 Å². The third kappa shape index (κ3) is 6.56. The van der Waals surface area contributed by atoms with E-state index in [4.69, 9.17) is 0 Å². The van der Waals surface area contributed by atoms with Gasteiger partial charge in [-0.15, -0.1) is 0 Å². The van der Waals surface area contributed by atoms with Crippen molar-refractivity contribution in [3.8, 4) is 0 Å². The smallest absolute Gasteiger partial charge is 0.0322 e. The summed E-state index contributed by atoms with van der Waals surface area (Å²) < 4.78 is 0. The predicted molar refractivity (Wildman–Crippen MR) is 90.2 cm³/mol. The number of unbranched alkanes of at least 4 members (excludes halogenated alkanes) is 5. The fraction of sp³-hybridized carbons (Fsp3) is 0.684. The molecule has 20 heavy (non-hydrogen) atoms. The van der Waals surface area contributed by atoms with Gasteiger partial charge in [0.25, 0.3) is 0 Å². The van der Waals surface area contributed by atoms with Crippen molar-refractivity contribution < 1.29 is 0 Å². The first kappa shape index (κ1) is 17.2. The van der Waals surface area contributed by atoms with Gasteiger partial charge in [-0.3, -0.25) is 0 Å². The Morgan fingerprint density at radius 1 is 0.900 bits per heavy atom. The number of aryl methyl sites for hydroxylation is 1. The number of hydrogen-bond acceptors (Lipinski definition) is 1. The lowest BCUT2D eigenvalue weighted by Crippen LogP contribution is -2.22. The Morgan fingerprint density at radius 2 is 1.60 bits per heavy atom. The predicted octanol–water partition coefficient (Wildman–Crippen LogP) is 5.79. The molecule has 0 heterocycles. The Balaban J connectivity index is 2.42. The second kappa shape index (κ2) is 10.9. The average Bonchev–Trinajstić information content (AvgIpc) is 2.47. The van der Waals surface area contributed by atoms with Crippen molar-refractivity contribution in [1.82, 2.24) is 5.32 Å². The van der Waals surface area contributed by atoms with Crippen LogP contribution in [0.5, 0.6) is 0 Å². The number of benzene rings is 1. The van der Waals surface area contributed by atoms with Crippen LogP contribution in [0, 0.1) is 6.92 Å². The zero-order valence-electron chi connectivity index (χ0n) is 13.8. The highest BCUT2D eigenvalue weighted by atomic mass is 14.9. The van der Waals surface area contributed by atoms with E-state index in [1.54, 1.807) is 0 Å². The molecule has 0 aliphatic rings. The molecule has 114 valence electrons. The van der Waals surface area contributed by atoms with E-state index in [0.29, 0.717) is 6.04 Å². The van der Waals surface area contributed by atoms with E-state index < -0.39 is 0 Å². The maximum absolute atomic E-state index is 3.73. The van der Waals surface area contributed by atoms with Gasteiger partial charge < -0.3 is 5.32 Å². The Kier molecular flexibility index (Phi) is 9.40. The molecule has 0 aliphatic carbocycles. The summed E-state index contributed by atoms with van der Waals surface area (Å²) in [4.78, 5) is 0. The number of nitrogens with one attached hydrogen (secondary N) is 1. The molecule has 1 aromatic rings. The summed E-state index contributed by atoms with van der Waals surface area (Å²) >= 11 is 0. The number of hydrogen-bond donors (Lipinski definition) is 1. The maximum Gasteiger partial charge on any atom is 0.0322 e. The summed E-state index contributed by atoms with van der Waals surface area (Å²) in [5, 5.41) is 3.73. The largest absolute Gasteiger partial charge is 0.310 e. The van der Waals surface area contributed by atoms with Gasteiger partial charge in [0.15, 0.2) is 0 Å². The normalized spacial score (nSPS) is 12.6. The Morgan fingerprint density at radius 3 is 2.30 bits per heavy atom. The van der Waals surface area contributed by atoms with Crippen molar-refractivity contribution in [3.05, 3.63) is 35.4 Å². The van der Waals surface area contributed by atoms with E-state index in [1.807, 2.05) is 0 Å². The molecule has 1 rings (SSSR count). The summed E-state index contributed by atoms with van der Waals surface area (Å²) in [6.07, 6.45) is 10.8. The van der Waals surface area contributed by atoms with Gasteiger partial charge in [0.2, 0.25) is 0 Å². The Labute approximate surface area is 126 Å². The minimum Gasteiger partial charge on any atom is -0.310 e. The molecule has 0 aliphatic heterocycles. The minimum atomic E-state index is 0.544. The molecule has 0 amide bonds. The van der Waals surface area contributed by atoms with Crippen LogP contribution in [-0.2, 0) is 0 Å². The van der Waals surface area contributed by atoms with Gasteiger partial charge in [0.1, 0.15) is 0 Å². The highest BCUT2D eigenvalue weighted by Gasteiger charge is 2.11. The van der Waals surface area contributed by atoms with Gasteiger partial charge in [-0.25, -0.2) is 0 Å². The fourth-order valence-corrected chi connectivity index (χ4v) is 2.79. The van der Waals surface area contributed by atoms with Crippen molar-refractivity contribution in [2.45, 2.75) is 78.2 Å². The van der Waals surface area contributed by atoms with Crippen LogP contribution in [-0.4, -0.2) is 6.54 Å². The lowest BCUT2D eigenvalue weighted by atomic mass is 9.96. The van der Waals surface area contributed by atoms with Gasteiger partial charge >= 0.3 is 0 Å². The van der Waals surface area contributed by atoms with Gasteiger partial charge in [-0.2, -0.15) is 0 Å². The molecule has 1 unspecified atom stereocenters. The molecule has 0 saturated heterocycles. The standard InChI is InChI=1S/C19H33N/c1-4-6-7-8-9-10-15-19(20-16-5-2)18-14-12-11-13-17(18)3/h11-14,19-20H,4-10,15-16H2,1-3H3. The van der Waals surface area contributed by atoms with E-state index in [-0.39, 0.29) is 0 Å². The zero-order valence-corrected chi connectivity index (χ0v) is 13.8. The van der Waals surface area contributed by atoms with E-state index in [0.717, 1.165) is 6.54 Å². The third-order valence-electron chi connectivity index (χ3n) is 4.05. The fourth-order valence-electron chi connectivity index (χ4n) is 2.79. The highest BCUT2D eigenvalue weighted by molar-refractivity contribution is 5.28. The molecule has 1 aromatic carbocycles. The second-order valence-electron chi connectivity index (χ2n) is 5.92. The van der Waals surface area contributed by atoms with Crippen LogP contribution in [0.3, 0.4) is 0 Å². The first-order chi connectivity index (χ1) is 9.79. The van der Waals surface area contributed by atoms with Crippen LogP contribution in [0.2, 0.25) is 0 Å². The maximum atomic E-state index is 3.73. The molecular formula is C19H33N. The SMILES string of the molecule is CCCCCCCCC(NCCC)c1ccccc1C. The molecule has 0 spiro atoms. The molecule has 1 heteroatoms. The zero-order chi connectivity index (χ0) is 14.6. The summed E-state index contributed by atoms with van der Waals surface area (Å²) in [5.41, 5.74) is 2.92. The van der Waals surface area contributed by atoms with Crippen molar-refractivity contribution in [2.75, 3.05) is 6.54 Å². The van der Waals surface area contributed by atoms with Crippen LogP contribution < -0.4 is 5.32 Å². The molecule has 1 atom stereocenters. The highest BCUT2D eigenvalue weighted by Crippen LogP contribution is 2.23. The van der Waals surface area contributed by atoms with Crippen molar-refractivity contribution in [2.24, 2.45) is 0 Å². The third-order valence-corrected chi connectivity index (χ3v) is 4.05. The summed E-state index contributed by atoms with van der Waals surface area (Å²) in [7, 11) is 0. The van der Waals surface area contributed by atoms with Crippen LogP contribution >= 0.6 is 0 Å². The first-order valence-corrected chi connectivity index (χ1v) is 8.58. The van der Waals surface area contributed by atoms with Crippen LogP contribution in [0.4, 0.5) is 0 Å². The summed E-state index contributed by atoms with van der Waals surface area (Å²) in [6, 6.07) is 9.38. The van der Waals surface area contributed by atoms with Gasteiger partial charge in [-0.05, 0) is 37.4 Å². The quantitative estimate of drug-likeness (QED) is 0.504. The second-order valence-corrected chi connectivity index (χ2v) is 5.92. The average molecular weight is 275 g/mol. The van der Waals surface area contributed by atoms with Crippen LogP contribution in [0.25, 0.3) is 0 Å². The van der Waals surface area contributed by atoms with Crippen LogP contribution in [0.15, 0.2) is 24.3 Å². The molecule has 0 fully saturated rings. The molecule has 0 bridgehead atoms. The van der Waals surface area contributed by atoms with E-state index in [1.165, 1.54) is 62.5 Å². The molecule has 1 nitrogen and oxygen atoms in total. The monoisotopic (exact) mass is 275 g/mol. The van der Waals surface area contributed by atoms with Gasteiger partial charge in [0.05, 0.1) is 0 Å². The van der Waals surface area contributed by atoms with Gasteiger partial charge in [-0.1, -0.05) is 76.6 Å². The molecular weight excluding hydrogens is 242 g/mol. The molecule has 0 aromatic heterocycles. The molecule has 0 radical (unpaired) electrons. The molecule has 0 saturated carbocycles. The van der Waals surface area contributed by atoms with E-state index in [9.17, 15) is 0 Å². The lowest BCUT2D eigenvalue weighted by molar-refractivity contribution is 0.465. The number of rotatable bonds is 11. The first-order valence-electron chi connectivity index (χ1n) is 8.58. The van der Waals surface area contributed by atoms with Crippen molar-refractivity contribution in [1.29, 1.82) is 0 Å². The molecule has 1 N–H and O–H groups in total. The topological polar surface area (TPSA) is 12.0 Å². The van der Waals surface area contributed by atoms with Gasteiger partial charge in [0, 0.05) is 6.04 Å². The Hall–Kier alpha value is -0.820. The van der Waals surface area contributed by atoms with Crippen molar-refractivity contribution >= 4 is 0 Å².